The molecule has 54 heavy (non-hydrogen) atoms. The van der Waals surface area contributed by atoms with E-state index in [-0.39, 0.29) is 138 Å². The summed E-state index contributed by atoms with van der Waals surface area (Å²) in [5.41, 5.74) is 4.52. The number of aromatic nitrogens is 6. The molecule has 6 aromatic rings. The molecule has 0 amide bonds. The molecule has 0 aliphatic carbocycles. The van der Waals surface area contributed by atoms with Crippen molar-refractivity contribution in [3.8, 4) is 0 Å². The smallest absolute Gasteiger partial charge is 0.124 e. The van der Waals surface area contributed by atoms with E-state index in [1.165, 1.54) is 9.80 Å². The average Bonchev–Trinajstić information content (AvgIpc) is 4.08. The second kappa shape index (κ2) is 20.4. The molecule has 2 aliphatic heterocycles. The first-order valence-corrected chi connectivity index (χ1v) is 17.1. The van der Waals surface area contributed by atoms with E-state index in [0.717, 1.165) is 74.1 Å². The monoisotopic (exact) mass is 1090 g/mol. The fraction of sp³-hybridized carbons (Fsp3) is 0.286. The van der Waals surface area contributed by atoms with E-state index in [4.69, 9.17) is 19.2 Å². The molecule has 0 spiro atoms. The maximum absolute atomic E-state index is 8.39. The molecule has 0 fully saturated rings. The standard InChI is InChI=1S/2C21H22N5.2Pt/c2*1-17-15-18(24-23-17)9-4-3-7-14-25-16-26(19-10-5-2-6-11-19)21-20(25)12-8-13-22-21;;/h2*2,5-6,8,10,12-13,15-16H,3-4,7,9,14H2,1H3;;/q2*-3;;/i2*2D,5D,6D,8D,10D,12D,13D;;. The van der Waals surface area contributed by atoms with Crippen molar-refractivity contribution in [1.82, 2.24) is 30.4 Å². The molecule has 8 rings (SSSR count). The van der Waals surface area contributed by atoms with E-state index < -0.39 is 12.1 Å². The number of aryl methyl sites for hydroxylation is 4. The molecule has 6 heterocycles. The van der Waals surface area contributed by atoms with Gasteiger partial charge in [-0.25, -0.2) is 9.97 Å². The van der Waals surface area contributed by atoms with Crippen molar-refractivity contribution in [2.24, 2.45) is 0 Å². The molecular formula is C42H44N10Pt2-6. The van der Waals surface area contributed by atoms with Gasteiger partial charge in [0.1, 0.15) is 11.6 Å². The number of para-hydroxylation sites is 2. The number of fused-ring (bicyclic) bond motifs is 2. The normalized spacial score (nSPS) is 16.4. The van der Waals surface area contributed by atoms with E-state index in [9.17, 15) is 0 Å². The van der Waals surface area contributed by atoms with Gasteiger partial charge in [-0.3, -0.25) is 0 Å². The number of pyridine rings is 2. The molecule has 10 nitrogen and oxygen atoms in total. The predicted octanol–water partition coefficient (Wildman–Crippen LogP) is 8.06. The number of anilines is 6. The SMILES string of the molecule is [2H]c1[c-]c(N2[CH-]N(CCCCCc3cc(C)[n-]n3)c3c2nc([2H])c([2H])c3[2H])c([2H])c([2H])c1[2H].[2H]c1[c-]c(N2[CH-]N(CCCCCc3cc(C)[n-]n3)c3c2nc([2H])c([2H])c3[2H])c([2H])c([2H])c1[2H].[Pt].[Pt]. The molecule has 0 saturated heterocycles. The largest absolute Gasteiger partial charge is 0.579 e. The van der Waals surface area contributed by atoms with Crippen LogP contribution < -0.4 is 29.8 Å². The molecule has 0 N–H and O–H groups in total. The molecule has 2 aliphatic rings. The second-order valence-corrected chi connectivity index (χ2v) is 12.2. The Hall–Kier alpha value is -4.26. The Bertz CT molecular complexity index is 2590. The summed E-state index contributed by atoms with van der Waals surface area (Å²) in [7, 11) is 0. The van der Waals surface area contributed by atoms with Gasteiger partial charge in [-0.1, -0.05) is 38.8 Å². The molecule has 0 radical (unpaired) electrons. The van der Waals surface area contributed by atoms with Gasteiger partial charge in [-0.2, -0.15) is 73.8 Å². The van der Waals surface area contributed by atoms with Crippen LogP contribution in [0, 0.1) is 39.3 Å². The second-order valence-electron chi connectivity index (χ2n) is 12.2. The number of rotatable bonds is 14. The first-order chi connectivity index (χ1) is 31.4. The number of unbranched alkanes of at least 4 members (excludes halogenated alkanes) is 4. The third-order valence-corrected chi connectivity index (χ3v) is 8.30. The van der Waals surface area contributed by atoms with Crippen molar-refractivity contribution in [3.63, 3.8) is 0 Å². The average molecular weight is 1090 g/mol. The molecule has 0 saturated carbocycles. The van der Waals surface area contributed by atoms with Crippen LogP contribution in [0.5, 0.6) is 0 Å². The minimum Gasteiger partial charge on any atom is -0.579 e. The summed E-state index contributed by atoms with van der Waals surface area (Å²) in [6.07, 6.45) is 6.11. The summed E-state index contributed by atoms with van der Waals surface area (Å²) in [6.45, 7) is 8.06. The van der Waals surface area contributed by atoms with Crippen LogP contribution in [0.25, 0.3) is 0 Å². The molecule has 0 atom stereocenters. The van der Waals surface area contributed by atoms with E-state index in [0.29, 0.717) is 24.5 Å². The van der Waals surface area contributed by atoms with E-state index >= 15 is 0 Å². The number of hydrogen-bond donors (Lipinski definition) is 0. The van der Waals surface area contributed by atoms with Crippen LogP contribution in [0.3, 0.4) is 0 Å². The molecule has 0 bridgehead atoms. The van der Waals surface area contributed by atoms with Gasteiger partial charge >= 0.3 is 0 Å². The van der Waals surface area contributed by atoms with Crippen molar-refractivity contribution in [2.75, 3.05) is 32.7 Å². The maximum atomic E-state index is 8.39. The van der Waals surface area contributed by atoms with Gasteiger partial charge in [0.25, 0.3) is 0 Å². The summed E-state index contributed by atoms with van der Waals surface area (Å²) >= 11 is 0. The topological polar surface area (TPSA) is 92.7 Å². The van der Waals surface area contributed by atoms with Gasteiger partial charge in [0, 0.05) is 82.7 Å². The quantitative estimate of drug-likeness (QED) is 0.0789. The fourth-order valence-electron chi connectivity index (χ4n) is 5.85. The number of benzene rings is 2. The summed E-state index contributed by atoms with van der Waals surface area (Å²) in [5.74, 6) is 0.370. The van der Waals surface area contributed by atoms with E-state index in [1.54, 1.807) is 23.1 Å². The summed E-state index contributed by atoms with van der Waals surface area (Å²) in [4.78, 5) is 14.7. The third-order valence-electron chi connectivity index (χ3n) is 8.30. The van der Waals surface area contributed by atoms with Crippen LogP contribution in [-0.2, 0) is 55.0 Å². The van der Waals surface area contributed by atoms with Crippen molar-refractivity contribution in [3.05, 3.63) is 145 Å². The predicted molar refractivity (Wildman–Crippen MR) is 206 cm³/mol. The Balaban J connectivity index is 0.000000247. The van der Waals surface area contributed by atoms with Crippen molar-refractivity contribution < 1.29 is 61.3 Å². The zero-order valence-electron chi connectivity index (χ0n) is 43.5. The Morgan fingerprint density at radius 3 is 1.50 bits per heavy atom. The Kier molecular flexibility index (Phi) is 9.74. The van der Waals surface area contributed by atoms with Crippen molar-refractivity contribution >= 4 is 34.4 Å². The van der Waals surface area contributed by atoms with Gasteiger partial charge in [-0.05, 0) is 81.3 Å². The van der Waals surface area contributed by atoms with Crippen LogP contribution in [0.15, 0.2) is 97.0 Å². The summed E-state index contributed by atoms with van der Waals surface area (Å²) in [5, 5.41) is 16.2. The zero-order chi connectivity index (χ0) is 47.7. The summed E-state index contributed by atoms with van der Waals surface area (Å²) in [6, 6.07) is 5.56. The number of nitrogens with zero attached hydrogens (tertiary/aromatic N) is 10. The van der Waals surface area contributed by atoms with Gasteiger partial charge in [0.2, 0.25) is 0 Å². The third kappa shape index (κ3) is 10.5. The van der Waals surface area contributed by atoms with Crippen molar-refractivity contribution in [2.45, 2.75) is 65.2 Å². The van der Waals surface area contributed by atoms with Gasteiger partial charge < -0.3 is 40.0 Å². The van der Waals surface area contributed by atoms with Crippen LogP contribution >= 0.6 is 0 Å². The van der Waals surface area contributed by atoms with Crippen LogP contribution in [0.2, 0.25) is 0 Å². The molecule has 2 aromatic carbocycles. The van der Waals surface area contributed by atoms with Crippen LogP contribution in [0.1, 0.15) is 80.5 Å². The van der Waals surface area contributed by atoms with Crippen LogP contribution in [-0.4, -0.2) is 33.3 Å². The van der Waals surface area contributed by atoms with Crippen molar-refractivity contribution in [1.29, 1.82) is 0 Å². The number of hydrogen-bond acceptors (Lipinski definition) is 8. The Morgan fingerprint density at radius 2 is 1.07 bits per heavy atom. The Morgan fingerprint density at radius 1 is 0.611 bits per heavy atom. The maximum Gasteiger partial charge on any atom is 0.124 e. The minimum absolute atomic E-state index is 0. The summed E-state index contributed by atoms with van der Waals surface area (Å²) < 4.78 is 112. The molecule has 0 unspecified atom stereocenters. The van der Waals surface area contributed by atoms with E-state index in [2.05, 4.69) is 42.5 Å². The Labute approximate surface area is 368 Å². The first kappa shape index (κ1) is 25.7. The van der Waals surface area contributed by atoms with Gasteiger partial charge in [-0.15, -0.1) is 22.8 Å². The zero-order valence-corrected chi connectivity index (χ0v) is 34.0. The van der Waals surface area contributed by atoms with Gasteiger partial charge in [0.15, 0.2) is 0 Å². The first-order valence-electron chi connectivity index (χ1n) is 24.1. The molecule has 288 valence electrons. The minimum atomic E-state index is -0.401. The molecule has 12 heteroatoms. The van der Waals surface area contributed by atoms with E-state index in [1.807, 2.05) is 26.0 Å². The molecule has 4 aromatic heterocycles. The van der Waals surface area contributed by atoms with Gasteiger partial charge in [0.05, 0.1) is 8.22 Å². The molecular weight excluding hydrogens is 1030 g/mol. The fourth-order valence-corrected chi connectivity index (χ4v) is 5.85. The van der Waals surface area contributed by atoms with Crippen LogP contribution in [0.4, 0.5) is 34.4 Å².